The highest BCUT2D eigenvalue weighted by atomic mass is 19.1. The molecule has 0 amide bonds. The van der Waals surface area contributed by atoms with Gasteiger partial charge < -0.3 is 9.47 Å². The number of aryl methyl sites for hydroxylation is 2. The normalized spacial score (nSPS) is 18.8. The van der Waals surface area contributed by atoms with Gasteiger partial charge in [0, 0.05) is 30.9 Å². The lowest BCUT2D eigenvalue weighted by molar-refractivity contribution is -0.0406. The van der Waals surface area contributed by atoms with E-state index in [0.29, 0.717) is 13.2 Å². The van der Waals surface area contributed by atoms with E-state index in [1.54, 1.807) is 19.2 Å². The van der Waals surface area contributed by atoms with E-state index in [4.69, 9.17) is 9.47 Å². The number of rotatable bonds is 5. The van der Waals surface area contributed by atoms with Crippen molar-refractivity contribution in [3.05, 3.63) is 47.0 Å². The number of benzene rings is 1. The first-order valence-electron chi connectivity index (χ1n) is 8.22. The topological polar surface area (TPSA) is 39.5 Å². The van der Waals surface area contributed by atoms with Crippen molar-refractivity contribution in [1.82, 2.24) is 14.7 Å². The lowest BCUT2D eigenvalue weighted by Crippen LogP contribution is -2.44. The van der Waals surface area contributed by atoms with Crippen molar-refractivity contribution in [1.29, 1.82) is 0 Å². The highest BCUT2D eigenvalue weighted by Gasteiger charge is 2.22. The van der Waals surface area contributed by atoms with E-state index in [1.165, 1.54) is 6.07 Å². The van der Waals surface area contributed by atoms with Crippen LogP contribution >= 0.6 is 0 Å². The van der Waals surface area contributed by atoms with Crippen LogP contribution in [0.3, 0.4) is 0 Å². The molecule has 6 heteroatoms. The molecule has 1 aromatic carbocycles. The Kier molecular flexibility index (Phi) is 5.16. The smallest absolute Gasteiger partial charge is 0.123 e. The highest BCUT2D eigenvalue weighted by Crippen LogP contribution is 2.22. The molecular weight excluding hydrogens is 309 g/mol. The van der Waals surface area contributed by atoms with Gasteiger partial charge >= 0.3 is 0 Å². The molecule has 1 aromatic heterocycles. The predicted octanol–water partition coefficient (Wildman–Crippen LogP) is 2.55. The molecular formula is C18H24FN3O2. The third-order valence-corrected chi connectivity index (χ3v) is 4.34. The Hall–Kier alpha value is -1.92. The van der Waals surface area contributed by atoms with Gasteiger partial charge in [0.25, 0.3) is 0 Å². The summed E-state index contributed by atoms with van der Waals surface area (Å²) in [5.74, 6) is 0.483. The molecule has 0 spiro atoms. The number of hydrogen-bond acceptors (Lipinski definition) is 4. The number of nitrogens with zero attached hydrogens (tertiary/aromatic N) is 3. The van der Waals surface area contributed by atoms with E-state index in [9.17, 15) is 4.39 Å². The molecule has 2 heterocycles. The van der Waals surface area contributed by atoms with Crippen LogP contribution in [0.2, 0.25) is 0 Å². The Balaban J connectivity index is 1.65. The molecule has 0 N–H and O–H groups in total. The van der Waals surface area contributed by atoms with E-state index < -0.39 is 0 Å². The summed E-state index contributed by atoms with van der Waals surface area (Å²) in [6, 6.07) is 6.72. The fourth-order valence-corrected chi connectivity index (χ4v) is 3.20. The molecule has 0 unspecified atom stereocenters. The van der Waals surface area contributed by atoms with Gasteiger partial charge in [-0.3, -0.25) is 9.58 Å². The lowest BCUT2D eigenvalue weighted by Gasteiger charge is -2.33. The van der Waals surface area contributed by atoms with Gasteiger partial charge in [0.2, 0.25) is 0 Å². The van der Waals surface area contributed by atoms with Crippen LogP contribution < -0.4 is 4.74 Å². The molecule has 0 radical (unpaired) electrons. The van der Waals surface area contributed by atoms with Crippen molar-refractivity contribution >= 4 is 0 Å². The monoisotopic (exact) mass is 333 g/mol. The summed E-state index contributed by atoms with van der Waals surface area (Å²) in [5, 5.41) is 4.50. The summed E-state index contributed by atoms with van der Waals surface area (Å²) < 4.78 is 26.8. The first-order chi connectivity index (χ1) is 11.5. The Bertz CT molecular complexity index is 702. The molecule has 130 valence electrons. The van der Waals surface area contributed by atoms with Gasteiger partial charge in [0.1, 0.15) is 11.6 Å². The van der Waals surface area contributed by atoms with Crippen molar-refractivity contribution in [3.63, 3.8) is 0 Å². The van der Waals surface area contributed by atoms with Crippen molar-refractivity contribution in [2.45, 2.75) is 33.0 Å². The zero-order valence-electron chi connectivity index (χ0n) is 14.5. The van der Waals surface area contributed by atoms with Crippen LogP contribution in [0.4, 0.5) is 4.39 Å². The molecule has 1 saturated heterocycles. The molecule has 5 nitrogen and oxygen atoms in total. The maximum absolute atomic E-state index is 13.5. The minimum absolute atomic E-state index is 0.0799. The fraction of sp³-hybridized carbons (Fsp3) is 0.500. The Morgan fingerprint density at radius 2 is 2.17 bits per heavy atom. The maximum Gasteiger partial charge on any atom is 0.123 e. The van der Waals surface area contributed by atoms with E-state index in [0.717, 1.165) is 42.3 Å². The van der Waals surface area contributed by atoms with Gasteiger partial charge in [-0.2, -0.15) is 5.10 Å². The first kappa shape index (κ1) is 16.9. The summed E-state index contributed by atoms with van der Waals surface area (Å²) in [4.78, 5) is 2.27. The predicted molar refractivity (Wildman–Crippen MR) is 89.7 cm³/mol. The van der Waals surface area contributed by atoms with Crippen LogP contribution in [0.15, 0.2) is 24.3 Å². The van der Waals surface area contributed by atoms with Crippen LogP contribution in [0, 0.1) is 19.7 Å². The van der Waals surface area contributed by atoms with Crippen molar-refractivity contribution in [2.24, 2.45) is 0 Å². The molecule has 24 heavy (non-hydrogen) atoms. The van der Waals surface area contributed by atoms with E-state index in [-0.39, 0.29) is 11.9 Å². The van der Waals surface area contributed by atoms with E-state index in [2.05, 4.69) is 23.0 Å². The van der Waals surface area contributed by atoms with Crippen LogP contribution in [0.25, 0.3) is 0 Å². The van der Waals surface area contributed by atoms with Gasteiger partial charge in [-0.15, -0.1) is 0 Å². The van der Waals surface area contributed by atoms with Crippen LogP contribution in [-0.4, -0.2) is 47.6 Å². The number of halogens is 1. The Morgan fingerprint density at radius 3 is 2.88 bits per heavy atom. The number of methoxy groups -OCH3 is 1. The molecule has 1 fully saturated rings. The maximum atomic E-state index is 13.5. The highest BCUT2D eigenvalue weighted by molar-refractivity contribution is 5.33. The summed E-state index contributed by atoms with van der Waals surface area (Å²) >= 11 is 0. The van der Waals surface area contributed by atoms with Crippen LogP contribution in [0.5, 0.6) is 5.75 Å². The van der Waals surface area contributed by atoms with Gasteiger partial charge in [-0.25, -0.2) is 4.39 Å². The second-order valence-corrected chi connectivity index (χ2v) is 6.29. The van der Waals surface area contributed by atoms with Crippen molar-refractivity contribution in [2.75, 3.05) is 26.8 Å². The second kappa shape index (κ2) is 7.32. The second-order valence-electron chi connectivity index (χ2n) is 6.29. The molecule has 0 bridgehead atoms. The quantitative estimate of drug-likeness (QED) is 0.843. The summed E-state index contributed by atoms with van der Waals surface area (Å²) in [7, 11) is 1.61. The largest absolute Gasteiger partial charge is 0.496 e. The van der Waals surface area contributed by atoms with Crippen LogP contribution in [0.1, 0.15) is 17.0 Å². The minimum Gasteiger partial charge on any atom is -0.496 e. The number of ether oxygens (including phenoxy) is 2. The zero-order valence-corrected chi connectivity index (χ0v) is 14.5. The third-order valence-electron chi connectivity index (χ3n) is 4.34. The van der Waals surface area contributed by atoms with Gasteiger partial charge in [-0.1, -0.05) is 0 Å². The van der Waals surface area contributed by atoms with Gasteiger partial charge in [0.05, 0.1) is 32.1 Å². The van der Waals surface area contributed by atoms with Gasteiger partial charge in [-0.05, 0) is 38.1 Å². The average Bonchev–Trinajstić information content (AvgIpc) is 2.85. The molecule has 1 atom stereocenters. The fourth-order valence-electron chi connectivity index (χ4n) is 3.20. The Morgan fingerprint density at radius 1 is 1.33 bits per heavy atom. The number of hydrogen-bond donors (Lipinski definition) is 0. The Labute approximate surface area is 142 Å². The SMILES string of the molecule is COc1ccc(F)cc1CN1CCO[C@H](Cn2nc(C)cc2C)C1. The molecule has 1 aliphatic heterocycles. The van der Waals surface area contributed by atoms with Crippen molar-refractivity contribution < 1.29 is 13.9 Å². The van der Waals surface area contributed by atoms with Crippen molar-refractivity contribution in [3.8, 4) is 5.75 Å². The zero-order chi connectivity index (χ0) is 17.1. The van der Waals surface area contributed by atoms with E-state index in [1.807, 2.05) is 11.6 Å². The standard InChI is InChI=1S/C18H24FN3O2/c1-13-8-14(2)22(20-13)12-17-11-21(6-7-24-17)10-15-9-16(19)4-5-18(15)23-3/h4-5,8-9,17H,6-7,10-12H2,1-3H3/t17-/m0/s1. The lowest BCUT2D eigenvalue weighted by atomic mass is 10.1. The third kappa shape index (κ3) is 3.94. The molecule has 2 aromatic rings. The average molecular weight is 333 g/mol. The summed E-state index contributed by atoms with van der Waals surface area (Å²) in [5.41, 5.74) is 3.02. The number of morpholine rings is 1. The van der Waals surface area contributed by atoms with E-state index >= 15 is 0 Å². The summed E-state index contributed by atoms with van der Waals surface area (Å²) in [6.45, 7) is 7.72. The molecule has 1 aliphatic rings. The molecule has 0 saturated carbocycles. The number of aromatic nitrogens is 2. The van der Waals surface area contributed by atoms with Crippen LogP contribution in [-0.2, 0) is 17.8 Å². The van der Waals surface area contributed by atoms with Gasteiger partial charge in [0.15, 0.2) is 0 Å². The molecule has 3 rings (SSSR count). The molecule has 0 aliphatic carbocycles. The summed E-state index contributed by atoms with van der Waals surface area (Å²) in [6.07, 6.45) is 0.0799. The first-order valence-corrected chi connectivity index (χ1v) is 8.22. The minimum atomic E-state index is -0.238.